The Morgan fingerprint density at radius 2 is 2.00 bits per heavy atom. The number of rotatable bonds is 0. The van der Waals surface area contributed by atoms with Gasteiger partial charge in [0, 0.05) is 12.2 Å². The van der Waals surface area contributed by atoms with Crippen molar-refractivity contribution in [3.05, 3.63) is 48.0 Å². The number of hydrogen-bond acceptors (Lipinski definition) is 1. The molecule has 88 valence electrons. The van der Waals surface area contributed by atoms with E-state index >= 15 is 0 Å². The average Bonchev–Trinajstić information content (AvgIpc) is 2.35. The number of allylic oxidation sites excluding steroid dienone is 1. The number of ether oxygens (including phenoxy) is 1. The third-order valence-electron chi connectivity index (χ3n) is 2.91. The fourth-order valence-electron chi connectivity index (χ4n) is 1.89. The van der Waals surface area contributed by atoms with Gasteiger partial charge in [-0.1, -0.05) is 42.2 Å². The molecule has 1 saturated heterocycles. The first-order valence-corrected chi connectivity index (χ1v) is 6.19. The van der Waals surface area contributed by atoms with Crippen molar-refractivity contribution in [2.75, 3.05) is 6.61 Å². The summed E-state index contributed by atoms with van der Waals surface area (Å²) in [4.78, 5) is 0. The molecule has 0 N–H and O–H groups in total. The van der Waals surface area contributed by atoms with Crippen molar-refractivity contribution >= 4 is 0 Å². The lowest BCUT2D eigenvalue weighted by Gasteiger charge is -2.17. The van der Waals surface area contributed by atoms with Crippen LogP contribution in [0.4, 0.5) is 0 Å². The molecule has 1 heterocycles. The Labute approximate surface area is 103 Å². The molecule has 0 spiro atoms. The Kier molecular flexibility index (Phi) is 4.41. The summed E-state index contributed by atoms with van der Waals surface area (Å²) in [5.74, 6) is 6.39. The second-order valence-electron chi connectivity index (χ2n) is 4.39. The maximum Gasteiger partial charge on any atom is 0.118 e. The molecular formula is C16H18O. The molecule has 0 amide bonds. The predicted molar refractivity (Wildman–Crippen MR) is 70.7 cm³/mol. The normalized spacial score (nSPS) is 20.9. The van der Waals surface area contributed by atoms with E-state index in [0.29, 0.717) is 0 Å². The van der Waals surface area contributed by atoms with Crippen LogP contribution in [-0.4, -0.2) is 12.7 Å². The van der Waals surface area contributed by atoms with Crippen LogP contribution in [0.5, 0.6) is 0 Å². The zero-order valence-electron chi connectivity index (χ0n) is 10.1. The molecule has 1 aliphatic heterocycles. The first-order valence-electron chi connectivity index (χ1n) is 6.19. The summed E-state index contributed by atoms with van der Waals surface area (Å²) in [5, 5.41) is 0. The fourth-order valence-corrected chi connectivity index (χ4v) is 1.89. The van der Waals surface area contributed by atoms with Gasteiger partial charge in [-0.2, -0.15) is 0 Å². The second-order valence-corrected chi connectivity index (χ2v) is 4.39. The zero-order chi connectivity index (χ0) is 11.9. The van der Waals surface area contributed by atoms with Gasteiger partial charge in [-0.3, -0.25) is 0 Å². The fraction of sp³-hybridized carbons (Fsp3) is 0.375. The number of benzene rings is 1. The minimum Gasteiger partial charge on any atom is -0.365 e. The van der Waals surface area contributed by atoms with Crippen LogP contribution in [0.1, 0.15) is 31.2 Å². The molecule has 0 radical (unpaired) electrons. The highest BCUT2D eigenvalue weighted by molar-refractivity contribution is 5.34. The quantitative estimate of drug-likeness (QED) is 0.485. The van der Waals surface area contributed by atoms with Gasteiger partial charge >= 0.3 is 0 Å². The molecule has 2 rings (SSSR count). The van der Waals surface area contributed by atoms with E-state index in [9.17, 15) is 0 Å². The van der Waals surface area contributed by atoms with Crippen LogP contribution < -0.4 is 0 Å². The van der Waals surface area contributed by atoms with E-state index in [0.717, 1.165) is 37.9 Å². The van der Waals surface area contributed by atoms with Gasteiger partial charge in [0.2, 0.25) is 0 Å². The molecule has 1 aromatic carbocycles. The minimum absolute atomic E-state index is 0.0623. The summed E-state index contributed by atoms with van der Waals surface area (Å²) in [6.45, 7) is 4.86. The summed E-state index contributed by atoms with van der Waals surface area (Å²) in [6.07, 6.45) is 4.24. The molecule has 0 saturated carbocycles. The Hall–Kier alpha value is -1.52. The Morgan fingerprint density at radius 3 is 2.82 bits per heavy atom. The van der Waals surface area contributed by atoms with Crippen LogP contribution >= 0.6 is 0 Å². The van der Waals surface area contributed by atoms with Crippen LogP contribution in [-0.2, 0) is 4.74 Å². The van der Waals surface area contributed by atoms with Crippen LogP contribution in [0.15, 0.2) is 42.5 Å². The highest BCUT2D eigenvalue weighted by Crippen LogP contribution is 2.17. The molecule has 0 aromatic heterocycles. The Bertz CT molecular complexity index is 422. The van der Waals surface area contributed by atoms with Gasteiger partial charge in [-0.25, -0.2) is 0 Å². The minimum atomic E-state index is 0.0623. The maximum atomic E-state index is 5.74. The van der Waals surface area contributed by atoms with Crippen molar-refractivity contribution in [3.8, 4) is 11.8 Å². The van der Waals surface area contributed by atoms with E-state index in [1.807, 2.05) is 30.3 Å². The summed E-state index contributed by atoms with van der Waals surface area (Å²) < 4.78 is 5.74. The molecule has 1 aromatic rings. The predicted octanol–water partition coefficient (Wildman–Crippen LogP) is 3.55. The summed E-state index contributed by atoms with van der Waals surface area (Å²) in [7, 11) is 0. The third-order valence-corrected chi connectivity index (χ3v) is 2.91. The van der Waals surface area contributed by atoms with E-state index in [1.165, 1.54) is 5.57 Å². The van der Waals surface area contributed by atoms with Gasteiger partial charge in [0.15, 0.2) is 0 Å². The van der Waals surface area contributed by atoms with Crippen LogP contribution in [0.2, 0.25) is 0 Å². The summed E-state index contributed by atoms with van der Waals surface area (Å²) >= 11 is 0. The average molecular weight is 226 g/mol. The van der Waals surface area contributed by atoms with Gasteiger partial charge in [-0.15, -0.1) is 0 Å². The second kappa shape index (κ2) is 6.27. The van der Waals surface area contributed by atoms with Gasteiger partial charge < -0.3 is 4.74 Å². The van der Waals surface area contributed by atoms with E-state index in [4.69, 9.17) is 4.74 Å². The van der Waals surface area contributed by atoms with E-state index in [1.54, 1.807) is 0 Å². The molecule has 1 nitrogen and oxygen atoms in total. The van der Waals surface area contributed by atoms with E-state index in [-0.39, 0.29) is 6.10 Å². The molecule has 17 heavy (non-hydrogen) atoms. The molecule has 1 fully saturated rings. The highest BCUT2D eigenvalue weighted by atomic mass is 16.5. The monoisotopic (exact) mass is 226 g/mol. The smallest absolute Gasteiger partial charge is 0.118 e. The molecule has 0 aliphatic carbocycles. The topological polar surface area (TPSA) is 9.23 Å². The molecule has 0 bridgehead atoms. The SMILES string of the molecule is C=C1CCCOC(C#Cc2ccccc2)CC1. The van der Waals surface area contributed by atoms with Crippen LogP contribution in [0.3, 0.4) is 0 Å². The largest absolute Gasteiger partial charge is 0.365 e. The molecule has 1 aliphatic rings. The van der Waals surface area contributed by atoms with Gasteiger partial charge in [-0.05, 0) is 37.8 Å². The number of hydrogen-bond donors (Lipinski definition) is 0. The van der Waals surface area contributed by atoms with Crippen molar-refractivity contribution in [2.24, 2.45) is 0 Å². The zero-order valence-corrected chi connectivity index (χ0v) is 10.1. The van der Waals surface area contributed by atoms with E-state index < -0.39 is 0 Å². The van der Waals surface area contributed by atoms with E-state index in [2.05, 4.69) is 18.4 Å². The highest BCUT2D eigenvalue weighted by Gasteiger charge is 2.09. The van der Waals surface area contributed by atoms with Crippen molar-refractivity contribution in [2.45, 2.75) is 31.8 Å². The summed E-state index contributed by atoms with van der Waals surface area (Å²) in [5.41, 5.74) is 2.39. The summed E-state index contributed by atoms with van der Waals surface area (Å²) in [6, 6.07) is 10.1. The van der Waals surface area contributed by atoms with Crippen molar-refractivity contribution in [3.63, 3.8) is 0 Å². The maximum absolute atomic E-state index is 5.74. The van der Waals surface area contributed by atoms with Gasteiger partial charge in [0.25, 0.3) is 0 Å². The molecular weight excluding hydrogens is 208 g/mol. The molecule has 1 heteroatoms. The first-order chi connectivity index (χ1) is 8.34. The lowest BCUT2D eigenvalue weighted by atomic mass is 10.0. The first kappa shape index (κ1) is 12.0. The van der Waals surface area contributed by atoms with Crippen molar-refractivity contribution < 1.29 is 4.74 Å². The lowest BCUT2D eigenvalue weighted by Crippen LogP contribution is -2.14. The van der Waals surface area contributed by atoms with Crippen molar-refractivity contribution in [1.29, 1.82) is 0 Å². The van der Waals surface area contributed by atoms with Gasteiger partial charge in [0.05, 0.1) is 0 Å². The van der Waals surface area contributed by atoms with Crippen LogP contribution in [0, 0.1) is 11.8 Å². The Balaban J connectivity index is 1.97. The Morgan fingerprint density at radius 1 is 1.18 bits per heavy atom. The standard InChI is InChI=1S/C16H18O/c1-14-6-5-13-17-16(11-9-14)12-10-15-7-3-2-4-8-15/h2-4,7-8,16H,1,5-6,9,11,13H2. The van der Waals surface area contributed by atoms with Gasteiger partial charge in [0.1, 0.15) is 6.10 Å². The molecule has 1 unspecified atom stereocenters. The molecule has 1 atom stereocenters. The third kappa shape index (κ3) is 4.09. The van der Waals surface area contributed by atoms with Crippen molar-refractivity contribution in [1.82, 2.24) is 0 Å². The van der Waals surface area contributed by atoms with Crippen LogP contribution in [0.25, 0.3) is 0 Å². The lowest BCUT2D eigenvalue weighted by molar-refractivity contribution is 0.0786.